The van der Waals surface area contributed by atoms with Crippen LogP contribution < -0.4 is 5.32 Å². The Morgan fingerprint density at radius 2 is 2.18 bits per heavy atom. The van der Waals surface area contributed by atoms with Crippen LogP contribution in [0.3, 0.4) is 0 Å². The first-order valence-corrected chi connectivity index (χ1v) is 6.00. The SMILES string of the molecule is CCNCc1ccc(C)c(-c2nccn2C)c1. The number of imidazole rings is 1. The van der Waals surface area contributed by atoms with Crippen molar-refractivity contribution in [2.75, 3.05) is 6.54 Å². The van der Waals surface area contributed by atoms with Gasteiger partial charge in [-0.25, -0.2) is 4.98 Å². The van der Waals surface area contributed by atoms with Gasteiger partial charge in [0.25, 0.3) is 0 Å². The molecule has 0 atom stereocenters. The van der Waals surface area contributed by atoms with Crippen molar-refractivity contribution in [1.82, 2.24) is 14.9 Å². The molecule has 0 saturated heterocycles. The van der Waals surface area contributed by atoms with E-state index in [-0.39, 0.29) is 0 Å². The summed E-state index contributed by atoms with van der Waals surface area (Å²) in [7, 11) is 2.03. The molecule has 1 aromatic heterocycles. The summed E-state index contributed by atoms with van der Waals surface area (Å²) in [6.45, 7) is 6.15. The Kier molecular flexibility index (Phi) is 3.59. The van der Waals surface area contributed by atoms with Gasteiger partial charge in [0, 0.05) is 31.5 Å². The Labute approximate surface area is 103 Å². The second-order valence-electron chi connectivity index (χ2n) is 4.29. The van der Waals surface area contributed by atoms with Gasteiger partial charge >= 0.3 is 0 Å². The molecule has 0 saturated carbocycles. The van der Waals surface area contributed by atoms with Gasteiger partial charge in [-0.05, 0) is 30.7 Å². The third-order valence-electron chi connectivity index (χ3n) is 2.94. The van der Waals surface area contributed by atoms with Crippen molar-refractivity contribution in [1.29, 1.82) is 0 Å². The van der Waals surface area contributed by atoms with Crippen LogP contribution in [0, 0.1) is 6.92 Å². The second-order valence-corrected chi connectivity index (χ2v) is 4.29. The van der Waals surface area contributed by atoms with E-state index in [1.807, 2.05) is 19.4 Å². The number of rotatable bonds is 4. The van der Waals surface area contributed by atoms with Crippen molar-refractivity contribution >= 4 is 0 Å². The number of benzene rings is 1. The Morgan fingerprint density at radius 1 is 1.35 bits per heavy atom. The molecule has 2 aromatic rings. The Hall–Kier alpha value is -1.61. The summed E-state index contributed by atoms with van der Waals surface area (Å²) in [5.41, 5.74) is 3.78. The van der Waals surface area contributed by atoms with Crippen LogP contribution in [0.15, 0.2) is 30.6 Å². The summed E-state index contributed by atoms with van der Waals surface area (Å²) in [5.74, 6) is 1.03. The fourth-order valence-corrected chi connectivity index (χ4v) is 1.91. The minimum atomic E-state index is 0.911. The van der Waals surface area contributed by atoms with Gasteiger partial charge in [-0.3, -0.25) is 0 Å². The molecule has 0 amide bonds. The standard InChI is InChI=1S/C14H19N3/c1-4-15-10-12-6-5-11(2)13(9-12)14-16-7-8-17(14)3/h5-9,15H,4,10H2,1-3H3. The van der Waals surface area contributed by atoms with Gasteiger partial charge in [0.05, 0.1) is 0 Å². The van der Waals surface area contributed by atoms with E-state index < -0.39 is 0 Å². The number of nitrogens with one attached hydrogen (secondary N) is 1. The van der Waals surface area contributed by atoms with E-state index in [0.717, 1.165) is 18.9 Å². The summed E-state index contributed by atoms with van der Waals surface area (Å²) in [6, 6.07) is 6.56. The molecule has 0 spiro atoms. The third-order valence-corrected chi connectivity index (χ3v) is 2.94. The zero-order valence-electron chi connectivity index (χ0n) is 10.7. The van der Waals surface area contributed by atoms with Gasteiger partial charge in [0.15, 0.2) is 0 Å². The molecule has 2 rings (SSSR count). The molecule has 1 aromatic carbocycles. The maximum atomic E-state index is 4.41. The monoisotopic (exact) mass is 229 g/mol. The minimum absolute atomic E-state index is 0.911. The van der Waals surface area contributed by atoms with E-state index in [4.69, 9.17) is 0 Å². The van der Waals surface area contributed by atoms with Gasteiger partial charge in [0.1, 0.15) is 5.82 Å². The summed E-state index contributed by atoms with van der Waals surface area (Å²) in [4.78, 5) is 4.41. The minimum Gasteiger partial charge on any atom is -0.334 e. The van der Waals surface area contributed by atoms with Crippen LogP contribution in [0.1, 0.15) is 18.1 Å². The topological polar surface area (TPSA) is 29.9 Å². The summed E-state index contributed by atoms with van der Waals surface area (Å²) in [5, 5.41) is 3.34. The predicted octanol–water partition coefficient (Wildman–Crippen LogP) is 2.51. The molecule has 0 unspecified atom stereocenters. The van der Waals surface area contributed by atoms with E-state index in [9.17, 15) is 0 Å². The highest BCUT2D eigenvalue weighted by atomic mass is 15.0. The largest absolute Gasteiger partial charge is 0.334 e. The zero-order chi connectivity index (χ0) is 12.3. The molecular weight excluding hydrogens is 210 g/mol. The van der Waals surface area contributed by atoms with Gasteiger partial charge in [0.2, 0.25) is 0 Å². The molecule has 0 bridgehead atoms. The molecule has 3 nitrogen and oxygen atoms in total. The molecule has 3 heteroatoms. The molecule has 1 N–H and O–H groups in total. The summed E-state index contributed by atoms with van der Waals surface area (Å²) >= 11 is 0. The van der Waals surface area contributed by atoms with Crippen LogP contribution in [0.25, 0.3) is 11.4 Å². The van der Waals surface area contributed by atoms with E-state index in [0.29, 0.717) is 0 Å². The van der Waals surface area contributed by atoms with Crippen molar-refractivity contribution in [3.05, 3.63) is 41.7 Å². The van der Waals surface area contributed by atoms with Crippen LogP contribution >= 0.6 is 0 Å². The smallest absolute Gasteiger partial charge is 0.139 e. The first kappa shape index (κ1) is 11.9. The van der Waals surface area contributed by atoms with Crippen molar-refractivity contribution in [3.8, 4) is 11.4 Å². The highest BCUT2D eigenvalue weighted by Gasteiger charge is 2.07. The number of nitrogens with zero attached hydrogens (tertiary/aromatic N) is 2. The molecule has 0 aliphatic heterocycles. The van der Waals surface area contributed by atoms with E-state index in [1.165, 1.54) is 16.7 Å². The fraction of sp³-hybridized carbons (Fsp3) is 0.357. The summed E-state index contributed by atoms with van der Waals surface area (Å²) < 4.78 is 2.05. The molecule has 0 radical (unpaired) electrons. The van der Waals surface area contributed by atoms with E-state index >= 15 is 0 Å². The Morgan fingerprint density at radius 3 is 2.82 bits per heavy atom. The van der Waals surface area contributed by atoms with Crippen LogP contribution in [0.2, 0.25) is 0 Å². The van der Waals surface area contributed by atoms with Gasteiger partial charge in [-0.2, -0.15) is 0 Å². The lowest BCUT2D eigenvalue weighted by Crippen LogP contribution is -2.11. The highest BCUT2D eigenvalue weighted by molar-refractivity contribution is 5.61. The molecular formula is C14H19N3. The van der Waals surface area contributed by atoms with Gasteiger partial charge < -0.3 is 9.88 Å². The lowest BCUT2D eigenvalue weighted by molar-refractivity contribution is 0.726. The van der Waals surface area contributed by atoms with Gasteiger partial charge in [-0.1, -0.05) is 19.1 Å². The number of hydrogen-bond acceptors (Lipinski definition) is 2. The normalized spacial score (nSPS) is 10.8. The maximum Gasteiger partial charge on any atom is 0.139 e. The third kappa shape index (κ3) is 2.56. The van der Waals surface area contributed by atoms with Crippen LogP contribution in [0.4, 0.5) is 0 Å². The Balaban J connectivity index is 2.36. The lowest BCUT2D eigenvalue weighted by Gasteiger charge is -2.09. The molecule has 0 fully saturated rings. The van der Waals surface area contributed by atoms with Crippen LogP contribution in [-0.2, 0) is 13.6 Å². The average molecular weight is 229 g/mol. The predicted molar refractivity (Wildman–Crippen MR) is 70.8 cm³/mol. The molecule has 90 valence electrons. The Bertz CT molecular complexity index is 500. The second kappa shape index (κ2) is 5.15. The maximum absolute atomic E-state index is 4.41. The lowest BCUT2D eigenvalue weighted by atomic mass is 10.0. The van der Waals surface area contributed by atoms with Crippen LogP contribution in [-0.4, -0.2) is 16.1 Å². The average Bonchev–Trinajstić information content (AvgIpc) is 2.74. The van der Waals surface area contributed by atoms with Crippen molar-refractivity contribution in [2.24, 2.45) is 7.05 Å². The molecule has 1 heterocycles. The molecule has 0 aliphatic rings. The van der Waals surface area contributed by atoms with Crippen molar-refractivity contribution in [3.63, 3.8) is 0 Å². The number of hydrogen-bond donors (Lipinski definition) is 1. The molecule has 0 aliphatic carbocycles. The van der Waals surface area contributed by atoms with Crippen LogP contribution in [0.5, 0.6) is 0 Å². The first-order valence-electron chi connectivity index (χ1n) is 6.00. The van der Waals surface area contributed by atoms with Crippen molar-refractivity contribution < 1.29 is 0 Å². The van der Waals surface area contributed by atoms with E-state index in [1.54, 1.807) is 0 Å². The van der Waals surface area contributed by atoms with E-state index in [2.05, 4.69) is 46.9 Å². The summed E-state index contributed by atoms with van der Waals surface area (Å²) in [6.07, 6.45) is 3.82. The number of aryl methyl sites for hydroxylation is 2. The van der Waals surface area contributed by atoms with Gasteiger partial charge in [-0.15, -0.1) is 0 Å². The fourth-order valence-electron chi connectivity index (χ4n) is 1.91. The quantitative estimate of drug-likeness (QED) is 0.873. The molecule has 17 heavy (non-hydrogen) atoms. The van der Waals surface area contributed by atoms with Crippen molar-refractivity contribution in [2.45, 2.75) is 20.4 Å². The first-order chi connectivity index (χ1) is 8.22. The highest BCUT2D eigenvalue weighted by Crippen LogP contribution is 2.22. The number of aromatic nitrogens is 2. The zero-order valence-corrected chi connectivity index (χ0v) is 10.7.